The number of nitrogens with one attached hydrogen (secondary N) is 2. The molecule has 33 heavy (non-hydrogen) atoms. The maximum Gasteiger partial charge on any atom is 0.345 e. The smallest absolute Gasteiger partial charge is 0.345 e. The van der Waals surface area contributed by atoms with Crippen LogP contribution < -0.4 is 16.3 Å². The fourth-order valence-electron chi connectivity index (χ4n) is 4.76. The van der Waals surface area contributed by atoms with E-state index in [4.69, 9.17) is 4.99 Å². The molecule has 1 fully saturated rings. The molecule has 2 unspecified atom stereocenters. The Bertz CT molecular complexity index is 955. The molecule has 0 saturated carbocycles. The standard InChI is InChI=1S/C24H37N7O.HI/c1-3-25-23(26-13-9-15-31-24(32)30-14-8-7-12-22(30)28-31)27-21-16-19(2)29(18-21)17-20-10-5-4-6-11-20;/h4-6,10-11,19,21H,3,7-9,12-18H2,1-2H3,(H2,25,26,27);1H. The van der Waals surface area contributed by atoms with Crippen molar-refractivity contribution in [3.8, 4) is 0 Å². The van der Waals surface area contributed by atoms with Gasteiger partial charge < -0.3 is 10.6 Å². The van der Waals surface area contributed by atoms with E-state index in [0.717, 1.165) is 70.1 Å². The van der Waals surface area contributed by atoms with E-state index in [1.165, 1.54) is 5.56 Å². The highest BCUT2D eigenvalue weighted by Gasteiger charge is 2.29. The normalized spacial score (nSPS) is 20.8. The van der Waals surface area contributed by atoms with Crippen LogP contribution in [0.25, 0.3) is 0 Å². The summed E-state index contributed by atoms with van der Waals surface area (Å²) in [6.07, 6.45) is 5.02. The first-order valence-corrected chi connectivity index (χ1v) is 12.1. The van der Waals surface area contributed by atoms with Gasteiger partial charge in [0.25, 0.3) is 0 Å². The highest BCUT2D eigenvalue weighted by molar-refractivity contribution is 14.0. The molecule has 3 heterocycles. The molecule has 1 aromatic carbocycles. The lowest BCUT2D eigenvalue weighted by Crippen LogP contribution is -2.44. The molecule has 2 aliphatic rings. The second kappa shape index (κ2) is 12.5. The van der Waals surface area contributed by atoms with Crippen molar-refractivity contribution >= 4 is 29.9 Å². The van der Waals surface area contributed by atoms with Crippen LogP contribution in [0.15, 0.2) is 40.1 Å². The van der Waals surface area contributed by atoms with Gasteiger partial charge in [0.1, 0.15) is 5.82 Å². The van der Waals surface area contributed by atoms with Crippen molar-refractivity contribution < 1.29 is 0 Å². The molecule has 182 valence electrons. The summed E-state index contributed by atoms with van der Waals surface area (Å²) < 4.78 is 3.46. The molecule has 9 heteroatoms. The lowest BCUT2D eigenvalue weighted by atomic mass is 10.2. The summed E-state index contributed by atoms with van der Waals surface area (Å²) in [6.45, 7) is 9.31. The van der Waals surface area contributed by atoms with Crippen molar-refractivity contribution in [3.63, 3.8) is 0 Å². The number of likely N-dealkylation sites (tertiary alicyclic amines) is 1. The van der Waals surface area contributed by atoms with E-state index in [0.29, 0.717) is 25.2 Å². The summed E-state index contributed by atoms with van der Waals surface area (Å²) in [4.78, 5) is 19.8. The Labute approximate surface area is 213 Å². The summed E-state index contributed by atoms with van der Waals surface area (Å²) in [6, 6.07) is 11.6. The molecular weight excluding hydrogens is 529 g/mol. The quantitative estimate of drug-likeness (QED) is 0.222. The molecule has 2 atom stereocenters. The molecule has 2 aromatic rings. The largest absolute Gasteiger partial charge is 0.357 e. The van der Waals surface area contributed by atoms with Gasteiger partial charge in [0.15, 0.2) is 5.96 Å². The number of guanidine groups is 1. The average Bonchev–Trinajstić information content (AvgIpc) is 3.31. The van der Waals surface area contributed by atoms with Crippen molar-refractivity contribution in [3.05, 3.63) is 52.2 Å². The Kier molecular flexibility index (Phi) is 9.78. The lowest BCUT2D eigenvalue weighted by Gasteiger charge is -2.21. The van der Waals surface area contributed by atoms with Gasteiger partial charge in [-0.1, -0.05) is 30.3 Å². The van der Waals surface area contributed by atoms with Gasteiger partial charge in [-0.25, -0.2) is 9.48 Å². The van der Waals surface area contributed by atoms with E-state index in [2.05, 4.69) is 64.8 Å². The Morgan fingerprint density at radius 3 is 2.82 bits per heavy atom. The number of hydrogen-bond acceptors (Lipinski definition) is 4. The zero-order valence-corrected chi connectivity index (χ0v) is 22.2. The number of fused-ring (bicyclic) bond motifs is 1. The number of benzene rings is 1. The lowest BCUT2D eigenvalue weighted by molar-refractivity contribution is 0.258. The average molecular weight is 568 g/mol. The zero-order valence-electron chi connectivity index (χ0n) is 19.9. The van der Waals surface area contributed by atoms with Crippen molar-refractivity contribution in [2.24, 2.45) is 4.99 Å². The van der Waals surface area contributed by atoms with Gasteiger partial charge in [-0.2, -0.15) is 5.10 Å². The molecule has 0 aliphatic carbocycles. The molecule has 0 radical (unpaired) electrons. The van der Waals surface area contributed by atoms with Crippen LogP contribution in [-0.2, 0) is 26.1 Å². The van der Waals surface area contributed by atoms with Crippen LogP contribution in [0.2, 0.25) is 0 Å². The number of nitrogens with zero attached hydrogens (tertiary/aromatic N) is 5. The third kappa shape index (κ3) is 6.81. The topological polar surface area (TPSA) is 79.5 Å². The number of aryl methyl sites for hydroxylation is 2. The van der Waals surface area contributed by atoms with Crippen LogP contribution in [0, 0.1) is 0 Å². The predicted molar refractivity (Wildman–Crippen MR) is 143 cm³/mol. The fraction of sp³-hybridized carbons (Fsp3) is 0.625. The van der Waals surface area contributed by atoms with Gasteiger partial charge in [0.05, 0.1) is 0 Å². The maximum atomic E-state index is 12.5. The zero-order chi connectivity index (χ0) is 22.3. The molecule has 0 bridgehead atoms. The van der Waals surface area contributed by atoms with E-state index in [9.17, 15) is 4.79 Å². The van der Waals surface area contributed by atoms with Gasteiger partial charge >= 0.3 is 5.69 Å². The predicted octanol–water partition coefficient (Wildman–Crippen LogP) is 2.61. The highest BCUT2D eigenvalue weighted by Crippen LogP contribution is 2.20. The first kappa shape index (κ1) is 25.7. The van der Waals surface area contributed by atoms with Gasteiger partial charge in [-0.3, -0.25) is 14.5 Å². The van der Waals surface area contributed by atoms with Crippen LogP contribution in [0.4, 0.5) is 0 Å². The maximum absolute atomic E-state index is 12.5. The monoisotopic (exact) mass is 567 g/mol. The van der Waals surface area contributed by atoms with E-state index in [1.807, 2.05) is 4.57 Å². The van der Waals surface area contributed by atoms with Crippen LogP contribution in [0.5, 0.6) is 0 Å². The van der Waals surface area contributed by atoms with Gasteiger partial charge in [0.2, 0.25) is 0 Å². The summed E-state index contributed by atoms with van der Waals surface area (Å²) in [5.41, 5.74) is 1.39. The Morgan fingerprint density at radius 2 is 2.06 bits per heavy atom. The Balaban J connectivity index is 0.00000306. The molecule has 0 amide bonds. The van der Waals surface area contributed by atoms with Crippen molar-refractivity contribution in [2.45, 2.75) is 77.7 Å². The molecule has 8 nitrogen and oxygen atoms in total. The van der Waals surface area contributed by atoms with Crippen molar-refractivity contribution in [1.82, 2.24) is 29.9 Å². The second-order valence-corrected chi connectivity index (χ2v) is 8.99. The SMILES string of the molecule is CCNC(=NCCCn1nc2n(c1=O)CCCC2)NC1CC(C)N(Cc2ccccc2)C1.I. The molecule has 2 N–H and O–H groups in total. The minimum Gasteiger partial charge on any atom is -0.357 e. The van der Waals surface area contributed by atoms with E-state index in [1.54, 1.807) is 4.68 Å². The van der Waals surface area contributed by atoms with Crippen LogP contribution in [-0.4, -0.2) is 56.9 Å². The molecular formula is C24H38IN7O. The molecule has 2 aliphatic heterocycles. The summed E-state index contributed by atoms with van der Waals surface area (Å²) in [7, 11) is 0. The van der Waals surface area contributed by atoms with E-state index in [-0.39, 0.29) is 29.7 Å². The number of rotatable bonds is 8. The molecule has 0 spiro atoms. The van der Waals surface area contributed by atoms with Crippen LogP contribution >= 0.6 is 24.0 Å². The van der Waals surface area contributed by atoms with Gasteiger partial charge in [-0.15, -0.1) is 24.0 Å². The third-order valence-corrected chi connectivity index (χ3v) is 6.45. The summed E-state index contributed by atoms with van der Waals surface area (Å²) in [5.74, 6) is 1.80. The van der Waals surface area contributed by atoms with E-state index < -0.39 is 0 Å². The Morgan fingerprint density at radius 1 is 1.24 bits per heavy atom. The first-order chi connectivity index (χ1) is 15.6. The highest BCUT2D eigenvalue weighted by atomic mass is 127. The fourth-order valence-corrected chi connectivity index (χ4v) is 4.76. The number of hydrogen-bond donors (Lipinski definition) is 2. The van der Waals surface area contributed by atoms with Gasteiger partial charge in [0, 0.05) is 57.8 Å². The number of halogens is 1. The third-order valence-electron chi connectivity index (χ3n) is 6.45. The van der Waals surface area contributed by atoms with Crippen LogP contribution in [0.1, 0.15) is 50.9 Å². The van der Waals surface area contributed by atoms with Gasteiger partial charge in [-0.05, 0) is 45.1 Å². The van der Waals surface area contributed by atoms with Crippen LogP contribution in [0.3, 0.4) is 0 Å². The second-order valence-electron chi connectivity index (χ2n) is 8.99. The molecule has 1 saturated heterocycles. The van der Waals surface area contributed by atoms with Crippen molar-refractivity contribution in [2.75, 3.05) is 19.6 Å². The molecule has 1 aromatic heterocycles. The number of aliphatic imine (C=N–C) groups is 1. The van der Waals surface area contributed by atoms with E-state index >= 15 is 0 Å². The van der Waals surface area contributed by atoms with Crippen molar-refractivity contribution in [1.29, 1.82) is 0 Å². The Hall–Kier alpha value is -1.88. The minimum absolute atomic E-state index is 0. The summed E-state index contributed by atoms with van der Waals surface area (Å²) >= 11 is 0. The minimum atomic E-state index is 0. The molecule has 4 rings (SSSR count). The first-order valence-electron chi connectivity index (χ1n) is 12.1. The summed E-state index contributed by atoms with van der Waals surface area (Å²) in [5, 5.41) is 11.5. The number of aromatic nitrogens is 3.